The number of aryl methyl sites for hydroxylation is 1. The molecule has 0 aromatic heterocycles. The first-order chi connectivity index (χ1) is 9.42. The smallest absolute Gasteiger partial charge is 0.282 e. The third-order valence-electron chi connectivity index (χ3n) is 3.07. The van der Waals surface area contributed by atoms with Crippen molar-refractivity contribution in [1.82, 2.24) is 5.32 Å². The molecule has 2 N–H and O–H groups in total. The first kappa shape index (κ1) is 16.5. The van der Waals surface area contributed by atoms with Crippen LogP contribution in [0.2, 0.25) is 0 Å². The third kappa shape index (κ3) is 3.71. The number of nitrogens with zero attached hydrogens (tertiary/aromatic N) is 1. The molecule has 0 spiro atoms. The van der Waals surface area contributed by atoms with Gasteiger partial charge in [0.2, 0.25) is 0 Å². The van der Waals surface area contributed by atoms with Crippen LogP contribution in [-0.4, -0.2) is 40.1 Å². The summed E-state index contributed by atoms with van der Waals surface area (Å²) in [5.74, 6) is -0.491. The number of rotatable bonds is 6. The summed E-state index contributed by atoms with van der Waals surface area (Å²) in [5, 5.41) is 22.7. The summed E-state index contributed by atoms with van der Waals surface area (Å²) >= 11 is 1.43. The third-order valence-corrected chi connectivity index (χ3v) is 4.24. The van der Waals surface area contributed by atoms with Gasteiger partial charge in [-0.25, -0.2) is 0 Å². The Labute approximate surface area is 121 Å². The molecule has 20 heavy (non-hydrogen) atoms. The average molecular weight is 298 g/mol. The Hall–Kier alpha value is -1.60. The highest BCUT2D eigenvalue weighted by atomic mass is 32.2. The van der Waals surface area contributed by atoms with E-state index in [4.69, 9.17) is 0 Å². The van der Waals surface area contributed by atoms with E-state index in [0.717, 1.165) is 0 Å². The van der Waals surface area contributed by atoms with Gasteiger partial charge in [-0.3, -0.25) is 14.9 Å². The van der Waals surface area contributed by atoms with Crippen LogP contribution in [0, 0.1) is 17.0 Å². The minimum absolute atomic E-state index is 0.0710. The molecule has 110 valence electrons. The minimum Gasteiger partial charge on any atom is -0.395 e. The zero-order valence-corrected chi connectivity index (χ0v) is 12.4. The number of hydrogen-bond donors (Lipinski definition) is 2. The summed E-state index contributed by atoms with van der Waals surface area (Å²) in [7, 11) is 0. The van der Waals surface area contributed by atoms with E-state index in [9.17, 15) is 20.0 Å². The quantitative estimate of drug-likeness (QED) is 0.616. The maximum Gasteiger partial charge on any atom is 0.282 e. The van der Waals surface area contributed by atoms with Gasteiger partial charge in [0.05, 0.1) is 11.5 Å². The van der Waals surface area contributed by atoms with Gasteiger partial charge in [-0.2, -0.15) is 11.8 Å². The van der Waals surface area contributed by atoms with Crippen LogP contribution >= 0.6 is 11.8 Å². The van der Waals surface area contributed by atoms with Gasteiger partial charge in [-0.1, -0.05) is 12.1 Å². The van der Waals surface area contributed by atoms with Crippen molar-refractivity contribution >= 4 is 23.4 Å². The summed E-state index contributed by atoms with van der Waals surface area (Å²) in [5.41, 5.74) is 0.412. The Morgan fingerprint density at radius 1 is 1.55 bits per heavy atom. The molecule has 1 amide bonds. The molecule has 0 bridgehead atoms. The molecular weight excluding hydrogens is 280 g/mol. The van der Waals surface area contributed by atoms with Crippen molar-refractivity contribution in [2.24, 2.45) is 0 Å². The monoisotopic (exact) mass is 298 g/mol. The van der Waals surface area contributed by atoms with E-state index in [1.54, 1.807) is 26.0 Å². The Morgan fingerprint density at radius 3 is 2.70 bits per heavy atom. The number of nitro groups is 1. The maximum atomic E-state index is 12.2. The molecule has 6 nitrogen and oxygen atoms in total. The van der Waals surface area contributed by atoms with Gasteiger partial charge in [0.25, 0.3) is 11.6 Å². The number of aliphatic hydroxyl groups excluding tert-OH is 1. The second-order valence-electron chi connectivity index (χ2n) is 4.45. The zero-order chi connectivity index (χ0) is 15.3. The average Bonchev–Trinajstić information content (AvgIpc) is 2.39. The van der Waals surface area contributed by atoms with Gasteiger partial charge >= 0.3 is 0 Å². The second-order valence-corrected chi connectivity index (χ2v) is 5.52. The van der Waals surface area contributed by atoms with Gasteiger partial charge in [-0.05, 0) is 25.7 Å². The van der Waals surface area contributed by atoms with E-state index >= 15 is 0 Å². The molecule has 2 unspecified atom stereocenters. The Bertz CT molecular complexity index is 503. The lowest BCUT2D eigenvalue weighted by Crippen LogP contribution is -2.41. The van der Waals surface area contributed by atoms with E-state index in [-0.39, 0.29) is 29.1 Å². The van der Waals surface area contributed by atoms with Gasteiger partial charge in [0.15, 0.2) is 0 Å². The van der Waals surface area contributed by atoms with Gasteiger partial charge < -0.3 is 10.4 Å². The number of nitro benzene ring substituents is 1. The van der Waals surface area contributed by atoms with Gasteiger partial charge in [-0.15, -0.1) is 0 Å². The van der Waals surface area contributed by atoms with Crippen LogP contribution in [0.15, 0.2) is 18.2 Å². The Morgan fingerprint density at radius 2 is 2.20 bits per heavy atom. The Balaban J connectivity index is 3.01. The van der Waals surface area contributed by atoms with Crippen molar-refractivity contribution in [2.75, 3.05) is 12.9 Å². The van der Waals surface area contributed by atoms with E-state index in [1.807, 2.05) is 6.26 Å². The van der Waals surface area contributed by atoms with Crippen LogP contribution in [0.5, 0.6) is 0 Å². The molecule has 1 aromatic carbocycles. The molecule has 0 aliphatic heterocycles. The lowest BCUT2D eigenvalue weighted by molar-refractivity contribution is -0.385. The second kappa shape index (κ2) is 7.25. The first-order valence-electron chi connectivity index (χ1n) is 6.10. The summed E-state index contributed by atoms with van der Waals surface area (Å²) in [6.07, 6.45) is 1.83. The number of carbonyl (C=O) groups is 1. The number of carbonyl (C=O) groups excluding carboxylic acids is 1. The van der Waals surface area contributed by atoms with Crippen LogP contribution < -0.4 is 5.32 Å². The van der Waals surface area contributed by atoms with Crippen LogP contribution in [0.25, 0.3) is 0 Å². The molecule has 1 rings (SSSR count). The van der Waals surface area contributed by atoms with E-state index in [1.165, 1.54) is 17.8 Å². The van der Waals surface area contributed by atoms with E-state index in [0.29, 0.717) is 5.56 Å². The molecule has 0 saturated carbocycles. The number of nitrogens with one attached hydrogen (secondary N) is 1. The fourth-order valence-electron chi connectivity index (χ4n) is 1.91. The highest BCUT2D eigenvalue weighted by molar-refractivity contribution is 7.99. The number of benzene rings is 1. The van der Waals surface area contributed by atoms with Crippen molar-refractivity contribution in [1.29, 1.82) is 0 Å². The molecule has 0 heterocycles. The normalized spacial score (nSPS) is 13.6. The first-order valence-corrected chi connectivity index (χ1v) is 7.39. The highest BCUT2D eigenvalue weighted by Crippen LogP contribution is 2.22. The Kier molecular flexibility index (Phi) is 5.97. The topological polar surface area (TPSA) is 92.5 Å². The molecule has 2 atom stereocenters. The number of aliphatic hydroxyl groups is 1. The molecule has 1 aromatic rings. The lowest BCUT2D eigenvalue weighted by atomic mass is 10.1. The number of hydrogen-bond acceptors (Lipinski definition) is 5. The summed E-state index contributed by atoms with van der Waals surface area (Å²) < 4.78 is 0. The molecular formula is C13H18N2O4S. The van der Waals surface area contributed by atoms with Crippen molar-refractivity contribution in [3.63, 3.8) is 0 Å². The van der Waals surface area contributed by atoms with E-state index < -0.39 is 10.8 Å². The van der Waals surface area contributed by atoms with Gasteiger partial charge in [0, 0.05) is 17.4 Å². The molecule has 7 heteroatoms. The number of amides is 1. The SMILES string of the molecule is CSC(CO)C(C)NC(=O)c1c(C)cccc1[N+](=O)[O-]. The predicted molar refractivity (Wildman–Crippen MR) is 79.2 cm³/mol. The summed E-state index contributed by atoms with van der Waals surface area (Å²) in [6, 6.07) is 4.23. The molecule has 0 fully saturated rings. The molecule has 0 aliphatic rings. The van der Waals surface area contributed by atoms with Crippen molar-refractivity contribution in [3.8, 4) is 0 Å². The van der Waals surface area contributed by atoms with Crippen LogP contribution in [0.1, 0.15) is 22.8 Å². The van der Waals surface area contributed by atoms with Crippen LogP contribution in [-0.2, 0) is 0 Å². The molecule has 0 saturated heterocycles. The van der Waals surface area contributed by atoms with Gasteiger partial charge in [0.1, 0.15) is 5.56 Å². The van der Waals surface area contributed by atoms with Crippen molar-refractivity contribution < 1.29 is 14.8 Å². The highest BCUT2D eigenvalue weighted by Gasteiger charge is 2.25. The number of thioether (sulfide) groups is 1. The maximum absolute atomic E-state index is 12.2. The standard InChI is InChI=1S/C13H18N2O4S/c1-8-5-4-6-10(15(18)19)12(8)13(17)14-9(2)11(7-16)20-3/h4-6,9,11,16H,7H2,1-3H3,(H,14,17). The van der Waals surface area contributed by atoms with Crippen LogP contribution in [0.3, 0.4) is 0 Å². The summed E-state index contributed by atoms with van der Waals surface area (Å²) in [6.45, 7) is 3.35. The van der Waals surface area contributed by atoms with Crippen molar-refractivity contribution in [2.45, 2.75) is 25.1 Å². The lowest BCUT2D eigenvalue weighted by Gasteiger charge is -2.21. The van der Waals surface area contributed by atoms with Crippen LogP contribution in [0.4, 0.5) is 5.69 Å². The van der Waals surface area contributed by atoms with E-state index in [2.05, 4.69) is 5.32 Å². The van der Waals surface area contributed by atoms with Crippen molar-refractivity contribution in [3.05, 3.63) is 39.4 Å². The molecule has 0 aliphatic carbocycles. The fraction of sp³-hybridized carbons (Fsp3) is 0.462. The zero-order valence-electron chi connectivity index (χ0n) is 11.6. The fourth-order valence-corrected chi connectivity index (χ4v) is 2.53. The molecule has 0 radical (unpaired) electrons. The minimum atomic E-state index is -0.565. The predicted octanol–water partition coefficient (Wildman–Crippen LogP) is 1.75. The summed E-state index contributed by atoms with van der Waals surface area (Å²) in [4.78, 5) is 22.7. The largest absolute Gasteiger partial charge is 0.395 e.